The fourth-order valence-corrected chi connectivity index (χ4v) is 3.87. The van der Waals surface area contributed by atoms with E-state index in [1.165, 1.54) is 0 Å². The Hall–Kier alpha value is -1.89. The van der Waals surface area contributed by atoms with Crippen molar-refractivity contribution < 1.29 is 14.4 Å². The third kappa shape index (κ3) is 2.61. The molecule has 3 rings (SSSR count). The molecule has 0 atom stereocenters. The molecule has 118 valence electrons. The molecule has 7 heteroatoms. The van der Waals surface area contributed by atoms with Crippen molar-refractivity contribution in [2.24, 2.45) is 0 Å². The van der Waals surface area contributed by atoms with Gasteiger partial charge in [0.05, 0.1) is 6.54 Å². The molecule has 1 aliphatic heterocycles. The van der Waals surface area contributed by atoms with Gasteiger partial charge in [-0.15, -0.1) is 11.3 Å². The molecule has 6 nitrogen and oxygen atoms in total. The fraction of sp³-hybridized carbons (Fsp3) is 0.533. The van der Waals surface area contributed by atoms with Crippen LogP contribution in [0.2, 0.25) is 0 Å². The predicted molar refractivity (Wildman–Crippen MR) is 82.2 cm³/mol. The van der Waals surface area contributed by atoms with Crippen LogP contribution < -0.4 is 5.32 Å². The highest BCUT2D eigenvalue weighted by atomic mass is 32.1. The molecule has 0 bridgehead atoms. The Morgan fingerprint density at radius 1 is 1.41 bits per heavy atom. The summed E-state index contributed by atoms with van der Waals surface area (Å²) in [7, 11) is 1.69. The number of hydrogen-bond donors (Lipinski definition) is 1. The highest BCUT2D eigenvalue weighted by Gasteiger charge is 2.52. The number of carbonyl (C=O) groups is 3. The van der Waals surface area contributed by atoms with Crippen LogP contribution in [0, 0.1) is 0 Å². The second-order valence-corrected chi connectivity index (χ2v) is 6.97. The topological polar surface area (TPSA) is 69.7 Å². The van der Waals surface area contributed by atoms with E-state index in [1.54, 1.807) is 23.3 Å². The molecule has 1 saturated carbocycles. The van der Waals surface area contributed by atoms with Crippen LogP contribution in [0.25, 0.3) is 0 Å². The van der Waals surface area contributed by atoms with Gasteiger partial charge >= 0.3 is 6.03 Å². The average Bonchev–Trinajstić information content (AvgIpc) is 3.19. The molecule has 1 N–H and O–H groups in total. The van der Waals surface area contributed by atoms with Gasteiger partial charge < -0.3 is 10.2 Å². The van der Waals surface area contributed by atoms with Gasteiger partial charge in [0.1, 0.15) is 12.1 Å². The van der Waals surface area contributed by atoms with Gasteiger partial charge in [-0.2, -0.15) is 0 Å². The van der Waals surface area contributed by atoms with Gasteiger partial charge in [0.25, 0.3) is 5.91 Å². The normalized spacial score (nSPS) is 19.8. The minimum atomic E-state index is -0.746. The van der Waals surface area contributed by atoms with E-state index in [4.69, 9.17) is 0 Å². The molecule has 2 fully saturated rings. The van der Waals surface area contributed by atoms with Crippen LogP contribution in [0.4, 0.5) is 4.79 Å². The van der Waals surface area contributed by atoms with E-state index >= 15 is 0 Å². The van der Waals surface area contributed by atoms with Gasteiger partial charge in [-0.25, -0.2) is 4.79 Å². The van der Waals surface area contributed by atoms with Gasteiger partial charge in [0.2, 0.25) is 5.91 Å². The molecule has 1 saturated heterocycles. The van der Waals surface area contributed by atoms with Crippen LogP contribution in [-0.4, -0.2) is 46.8 Å². The maximum atomic E-state index is 12.5. The highest BCUT2D eigenvalue weighted by molar-refractivity contribution is 7.09. The zero-order chi connectivity index (χ0) is 15.7. The standard InChI is InChI=1S/C15H19N3O3S/c1-17(9-11-5-4-8-22-11)12(19)10-18-13(20)15(16-14(18)21)6-2-3-7-15/h4-5,8H,2-3,6-7,9-10H2,1H3,(H,16,21). The molecular weight excluding hydrogens is 302 g/mol. The smallest absolute Gasteiger partial charge is 0.325 e. The maximum absolute atomic E-state index is 12.5. The van der Waals surface area contributed by atoms with Gasteiger partial charge in [-0.1, -0.05) is 18.9 Å². The van der Waals surface area contributed by atoms with E-state index in [0.717, 1.165) is 22.6 Å². The number of urea groups is 1. The van der Waals surface area contributed by atoms with Gasteiger partial charge in [-0.05, 0) is 24.3 Å². The van der Waals surface area contributed by atoms with Crippen LogP contribution in [0.3, 0.4) is 0 Å². The largest absolute Gasteiger partial charge is 0.339 e. The lowest BCUT2D eigenvalue weighted by atomic mass is 9.98. The Morgan fingerprint density at radius 3 is 2.77 bits per heavy atom. The van der Waals surface area contributed by atoms with Crippen LogP contribution in [0.1, 0.15) is 30.6 Å². The number of hydrogen-bond acceptors (Lipinski definition) is 4. The molecule has 4 amide bonds. The maximum Gasteiger partial charge on any atom is 0.325 e. The van der Waals surface area contributed by atoms with Crippen molar-refractivity contribution in [1.29, 1.82) is 0 Å². The van der Waals surface area contributed by atoms with Gasteiger partial charge in [-0.3, -0.25) is 14.5 Å². The van der Waals surface area contributed by atoms with Crippen molar-refractivity contribution in [3.05, 3.63) is 22.4 Å². The number of carbonyl (C=O) groups excluding carboxylic acids is 3. The first-order valence-electron chi connectivity index (χ1n) is 7.42. The monoisotopic (exact) mass is 321 g/mol. The van der Waals surface area contributed by atoms with E-state index in [-0.39, 0.29) is 18.4 Å². The summed E-state index contributed by atoms with van der Waals surface area (Å²) in [6.45, 7) is 0.305. The SMILES string of the molecule is CN(Cc1cccs1)C(=O)CN1C(=O)NC2(CCCC2)C1=O. The Labute approximate surface area is 133 Å². The number of thiophene rings is 1. The van der Waals surface area contributed by atoms with Crippen molar-refractivity contribution in [1.82, 2.24) is 15.1 Å². The van der Waals surface area contributed by atoms with Crippen molar-refractivity contribution >= 4 is 29.2 Å². The summed E-state index contributed by atoms with van der Waals surface area (Å²) in [5.41, 5.74) is -0.746. The molecule has 2 aliphatic rings. The molecule has 0 radical (unpaired) electrons. The van der Waals surface area contributed by atoms with E-state index in [2.05, 4.69) is 5.32 Å². The Bertz CT molecular complexity index is 593. The second kappa shape index (κ2) is 5.72. The molecule has 1 aliphatic carbocycles. The minimum absolute atomic E-state index is 0.186. The van der Waals surface area contributed by atoms with E-state index in [9.17, 15) is 14.4 Å². The lowest BCUT2D eigenvalue weighted by Gasteiger charge is -2.21. The van der Waals surface area contributed by atoms with Gasteiger partial charge in [0.15, 0.2) is 0 Å². The van der Waals surface area contributed by atoms with Crippen molar-refractivity contribution in [3.8, 4) is 0 Å². The van der Waals surface area contributed by atoms with Crippen LogP contribution in [0.5, 0.6) is 0 Å². The summed E-state index contributed by atoms with van der Waals surface area (Å²) in [6.07, 6.45) is 3.22. The first kappa shape index (κ1) is 15.0. The number of imide groups is 1. The highest BCUT2D eigenvalue weighted by Crippen LogP contribution is 2.34. The third-order valence-electron chi connectivity index (χ3n) is 4.40. The molecule has 1 aromatic heterocycles. The number of nitrogens with zero attached hydrogens (tertiary/aromatic N) is 2. The first-order chi connectivity index (χ1) is 10.5. The Morgan fingerprint density at radius 2 is 2.14 bits per heavy atom. The quantitative estimate of drug-likeness (QED) is 0.856. The minimum Gasteiger partial charge on any atom is -0.339 e. The fourth-order valence-electron chi connectivity index (χ4n) is 3.12. The summed E-state index contributed by atoms with van der Waals surface area (Å²) < 4.78 is 0. The third-order valence-corrected chi connectivity index (χ3v) is 5.26. The number of amides is 4. The second-order valence-electron chi connectivity index (χ2n) is 5.94. The van der Waals surface area contributed by atoms with E-state index < -0.39 is 11.6 Å². The summed E-state index contributed by atoms with van der Waals surface area (Å²) in [4.78, 5) is 40.5. The molecule has 0 aromatic carbocycles. The number of nitrogens with one attached hydrogen (secondary N) is 1. The molecule has 1 spiro atoms. The van der Waals surface area contributed by atoms with E-state index in [1.807, 2.05) is 17.5 Å². The lowest BCUT2D eigenvalue weighted by molar-refractivity contribution is -0.138. The molecule has 22 heavy (non-hydrogen) atoms. The van der Waals surface area contributed by atoms with Gasteiger partial charge in [0, 0.05) is 11.9 Å². The zero-order valence-corrected chi connectivity index (χ0v) is 13.3. The van der Waals surface area contributed by atoms with Crippen LogP contribution in [0.15, 0.2) is 17.5 Å². The summed E-state index contributed by atoms with van der Waals surface area (Å²) in [6, 6.07) is 3.44. The predicted octanol–water partition coefficient (Wildman–Crippen LogP) is 1.57. The first-order valence-corrected chi connectivity index (χ1v) is 8.30. The van der Waals surface area contributed by atoms with Crippen LogP contribution in [-0.2, 0) is 16.1 Å². The van der Waals surface area contributed by atoms with E-state index in [0.29, 0.717) is 19.4 Å². The molecule has 2 heterocycles. The zero-order valence-electron chi connectivity index (χ0n) is 12.5. The van der Waals surface area contributed by atoms with Crippen molar-refractivity contribution in [2.45, 2.75) is 37.8 Å². The Balaban J connectivity index is 1.63. The summed E-state index contributed by atoms with van der Waals surface area (Å²) in [5.74, 6) is -0.472. The number of rotatable bonds is 4. The van der Waals surface area contributed by atoms with Crippen LogP contribution >= 0.6 is 11.3 Å². The molecule has 0 unspecified atom stereocenters. The van der Waals surface area contributed by atoms with Crippen molar-refractivity contribution in [3.63, 3.8) is 0 Å². The summed E-state index contributed by atoms with van der Waals surface area (Å²) >= 11 is 1.57. The average molecular weight is 321 g/mol. The molecule has 1 aromatic rings. The number of likely N-dealkylation sites (N-methyl/N-ethyl adjacent to an activating group) is 1. The van der Waals surface area contributed by atoms with Crippen molar-refractivity contribution in [2.75, 3.05) is 13.6 Å². The lowest BCUT2D eigenvalue weighted by Crippen LogP contribution is -2.45. The summed E-state index contributed by atoms with van der Waals surface area (Å²) in [5, 5.41) is 4.74. The molecular formula is C15H19N3O3S. The Kier molecular flexibility index (Phi) is 3.90.